The molecule has 29 heavy (non-hydrogen) atoms. The zero-order valence-electron chi connectivity index (χ0n) is 16.9. The second-order valence-corrected chi connectivity index (χ2v) is 9.10. The molecule has 1 fully saturated rings. The van der Waals surface area contributed by atoms with Crippen LogP contribution >= 0.6 is 0 Å². The SMILES string of the molecule is COc1ccc(C(CNC(=O)c2cccc(S(=O)(=O)NC3CC3)c2)N(C)C)cc1. The number of nitrogens with zero attached hydrogens (tertiary/aromatic N) is 1. The molecule has 1 aliphatic carbocycles. The summed E-state index contributed by atoms with van der Waals surface area (Å²) in [7, 11) is 1.91. The molecule has 8 heteroatoms. The molecule has 0 radical (unpaired) electrons. The quantitative estimate of drug-likeness (QED) is 0.653. The maximum Gasteiger partial charge on any atom is 0.251 e. The number of carbonyl (C=O) groups excluding carboxylic acids is 1. The van der Waals surface area contributed by atoms with E-state index in [9.17, 15) is 13.2 Å². The Balaban J connectivity index is 1.69. The van der Waals surface area contributed by atoms with E-state index in [4.69, 9.17) is 4.74 Å². The summed E-state index contributed by atoms with van der Waals surface area (Å²) in [6.45, 7) is 0.384. The van der Waals surface area contributed by atoms with Crippen LogP contribution in [0.5, 0.6) is 5.75 Å². The third-order valence-corrected chi connectivity index (χ3v) is 6.40. The van der Waals surface area contributed by atoms with Crippen molar-refractivity contribution < 1.29 is 17.9 Å². The number of ether oxygens (including phenoxy) is 1. The van der Waals surface area contributed by atoms with Gasteiger partial charge in [0.25, 0.3) is 5.91 Å². The zero-order chi connectivity index (χ0) is 21.0. The Labute approximate surface area is 172 Å². The standard InChI is InChI=1S/C21H27N3O4S/c1-24(2)20(15-7-11-18(28-3)12-8-15)14-22-21(25)16-5-4-6-19(13-16)29(26,27)23-17-9-10-17/h4-8,11-13,17,20,23H,9-10,14H2,1-3H3,(H,22,25). The van der Waals surface area contributed by atoms with Gasteiger partial charge in [0, 0.05) is 18.2 Å². The van der Waals surface area contributed by atoms with Crippen molar-refractivity contribution in [3.8, 4) is 5.75 Å². The van der Waals surface area contributed by atoms with Gasteiger partial charge < -0.3 is 15.0 Å². The van der Waals surface area contributed by atoms with Crippen molar-refractivity contribution in [3.63, 3.8) is 0 Å². The first-order valence-corrected chi connectivity index (χ1v) is 11.0. The molecule has 1 saturated carbocycles. The van der Waals surface area contributed by atoms with Crippen LogP contribution in [0.3, 0.4) is 0 Å². The Hall–Kier alpha value is -2.42. The summed E-state index contributed by atoms with van der Waals surface area (Å²) in [5.74, 6) is 0.460. The van der Waals surface area contributed by atoms with Gasteiger partial charge in [-0.3, -0.25) is 4.79 Å². The van der Waals surface area contributed by atoms with Crippen molar-refractivity contribution in [1.29, 1.82) is 0 Å². The predicted molar refractivity (Wildman–Crippen MR) is 112 cm³/mol. The highest BCUT2D eigenvalue weighted by atomic mass is 32.2. The third kappa shape index (κ3) is 5.56. The molecule has 1 aliphatic rings. The molecular weight excluding hydrogens is 390 g/mol. The van der Waals surface area contributed by atoms with Gasteiger partial charge in [0.2, 0.25) is 10.0 Å². The van der Waals surface area contributed by atoms with E-state index in [1.54, 1.807) is 19.2 Å². The lowest BCUT2D eigenvalue weighted by molar-refractivity contribution is 0.0941. The second kappa shape index (κ2) is 8.94. The van der Waals surface area contributed by atoms with E-state index in [0.717, 1.165) is 24.2 Å². The highest BCUT2D eigenvalue weighted by Crippen LogP contribution is 2.23. The van der Waals surface area contributed by atoms with Gasteiger partial charge >= 0.3 is 0 Å². The Morgan fingerprint density at radius 3 is 2.45 bits per heavy atom. The first-order valence-electron chi connectivity index (χ1n) is 9.51. The molecule has 2 aromatic carbocycles. The molecule has 0 aliphatic heterocycles. The molecule has 2 aromatic rings. The topological polar surface area (TPSA) is 87.7 Å². The Morgan fingerprint density at radius 1 is 1.17 bits per heavy atom. The highest BCUT2D eigenvalue weighted by Gasteiger charge is 2.28. The lowest BCUT2D eigenvalue weighted by Gasteiger charge is -2.25. The summed E-state index contributed by atoms with van der Waals surface area (Å²) in [5.41, 5.74) is 1.36. The Kier molecular flexibility index (Phi) is 6.56. The predicted octanol–water partition coefficient (Wildman–Crippen LogP) is 2.17. The summed E-state index contributed by atoms with van der Waals surface area (Å²) in [4.78, 5) is 14.8. The molecule has 0 heterocycles. The molecule has 0 bridgehead atoms. The number of nitrogens with one attached hydrogen (secondary N) is 2. The number of carbonyl (C=O) groups is 1. The average molecular weight is 418 g/mol. The molecule has 1 atom stereocenters. The van der Waals surface area contributed by atoms with E-state index in [0.29, 0.717) is 12.1 Å². The van der Waals surface area contributed by atoms with Gasteiger partial charge in [-0.15, -0.1) is 0 Å². The summed E-state index contributed by atoms with van der Waals surface area (Å²) >= 11 is 0. The zero-order valence-corrected chi connectivity index (χ0v) is 17.7. The van der Waals surface area contributed by atoms with Crippen molar-refractivity contribution >= 4 is 15.9 Å². The van der Waals surface area contributed by atoms with Gasteiger partial charge in [0.1, 0.15) is 5.75 Å². The molecule has 0 spiro atoms. The van der Waals surface area contributed by atoms with Crippen LogP contribution in [-0.2, 0) is 10.0 Å². The molecule has 0 aromatic heterocycles. The van der Waals surface area contributed by atoms with Crippen LogP contribution in [0.15, 0.2) is 53.4 Å². The summed E-state index contributed by atoms with van der Waals surface area (Å²) < 4.78 is 32.6. The minimum atomic E-state index is -3.60. The van der Waals surface area contributed by atoms with Gasteiger partial charge in [-0.05, 0) is 62.8 Å². The molecule has 3 rings (SSSR count). The van der Waals surface area contributed by atoms with E-state index < -0.39 is 10.0 Å². The van der Waals surface area contributed by atoms with Crippen LogP contribution in [0.4, 0.5) is 0 Å². The number of sulfonamides is 1. The van der Waals surface area contributed by atoms with Crippen molar-refractivity contribution in [1.82, 2.24) is 14.9 Å². The minimum absolute atomic E-state index is 0.0165. The highest BCUT2D eigenvalue weighted by molar-refractivity contribution is 7.89. The van der Waals surface area contributed by atoms with Crippen LogP contribution in [0, 0.1) is 0 Å². The number of benzene rings is 2. The van der Waals surface area contributed by atoms with Crippen LogP contribution < -0.4 is 14.8 Å². The maximum absolute atomic E-state index is 12.7. The van der Waals surface area contributed by atoms with Crippen molar-refractivity contribution in [2.75, 3.05) is 27.7 Å². The lowest BCUT2D eigenvalue weighted by Crippen LogP contribution is -2.34. The van der Waals surface area contributed by atoms with E-state index in [-0.39, 0.29) is 22.9 Å². The fourth-order valence-electron chi connectivity index (χ4n) is 3.01. The van der Waals surface area contributed by atoms with Crippen LogP contribution in [0.25, 0.3) is 0 Å². The number of rotatable bonds is 9. The number of methoxy groups -OCH3 is 1. The van der Waals surface area contributed by atoms with Crippen LogP contribution in [-0.4, -0.2) is 53.0 Å². The summed E-state index contributed by atoms with van der Waals surface area (Å²) in [6.07, 6.45) is 1.72. The normalized spacial score (nSPS) is 15.2. The van der Waals surface area contributed by atoms with E-state index in [2.05, 4.69) is 10.0 Å². The Bertz CT molecular complexity index is 954. The molecule has 156 valence electrons. The number of amides is 1. The first-order chi connectivity index (χ1) is 13.8. The monoisotopic (exact) mass is 417 g/mol. The second-order valence-electron chi connectivity index (χ2n) is 7.39. The van der Waals surface area contributed by atoms with E-state index in [1.807, 2.05) is 43.3 Å². The van der Waals surface area contributed by atoms with Crippen molar-refractivity contribution in [2.45, 2.75) is 29.8 Å². The smallest absolute Gasteiger partial charge is 0.251 e. The molecular formula is C21H27N3O4S. The largest absolute Gasteiger partial charge is 0.497 e. The third-order valence-electron chi connectivity index (χ3n) is 4.89. The van der Waals surface area contributed by atoms with Gasteiger partial charge in [-0.1, -0.05) is 18.2 Å². The molecule has 1 unspecified atom stereocenters. The van der Waals surface area contributed by atoms with Gasteiger partial charge in [0.05, 0.1) is 18.0 Å². The summed E-state index contributed by atoms with van der Waals surface area (Å²) in [5, 5.41) is 2.91. The minimum Gasteiger partial charge on any atom is -0.497 e. The molecule has 1 amide bonds. The van der Waals surface area contributed by atoms with E-state index >= 15 is 0 Å². The first kappa shape index (κ1) is 21.3. The Morgan fingerprint density at radius 2 is 1.86 bits per heavy atom. The molecule has 2 N–H and O–H groups in total. The molecule has 0 saturated heterocycles. The van der Waals surface area contributed by atoms with Gasteiger partial charge in [-0.25, -0.2) is 13.1 Å². The fourth-order valence-corrected chi connectivity index (χ4v) is 4.36. The van der Waals surface area contributed by atoms with Crippen molar-refractivity contribution in [3.05, 3.63) is 59.7 Å². The number of hydrogen-bond donors (Lipinski definition) is 2. The number of hydrogen-bond acceptors (Lipinski definition) is 5. The van der Waals surface area contributed by atoms with Gasteiger partial charge in [0.15, 0.2) is 0 Å². The average Bonchev–Trinajstić information content (AvgIpc) is 3.51. The van der Waals surface area contributed by atoms with Crippen molar-refractivity contribution in [2.24, 2.45) is 0 Å². The summed E-state index contributed by atoms with van der Waals surface area (Å²) in [6, 6.07) is 13.8. The fraction of sp³-hybridized carbons (Fsp3) is 0.381. The number of likely N-dealkylation sites (N-methyl/N-ethyl adjacent to an activating group) is 1. The lowest BCUT2D eigenvalue weighted by atomic mass is 10.1. The maximum atomic E-state index is 12.7. The van der Waals surface area contributed by atoms with Gasteiger partial charge in [-0.2, -0.15) is 0 Å². The van der Waals surface area contributed by atoms with Crippen LogP contribution in [0.2, 0.25) is 0 Å². The van der Waals surface area contributed by atoms with Crippen LogP contribution in [0.1, 0.15) is 34.8 Å². The molecule has 7 nitrogen and oxygen atoms in total. The van der Waals surface area contributed by atoms with E-state index in [1.165, 1.54) is 12.1 Å².